The van der Waals surface area contributed by atoms with Crippen molar-refractivity contribution < 1.29 is 10.3 Å². The summed E-state index contributed by atoms with van der Waals surface area (Å²) in [4.78, 5) is 0.435. The van der Waals surface area contributed by atoms with E-state index in [2.05, 4.69) is 10.2 Å². The fourth-order valence-corrected chi connectivity index (χ4v) is 0.911. The minimum atomic E-state index is 0.0165. The van der Waals surface area contributed by atoms with E-state index in [9.17, 15) is 0 Å². The van der Waals surface area contributed by atoms with Gasteiger partial charge < -0.3 is 10.3 Å². The molecule has 2 rings (SSSR count). The third-order valence-corrected chi connectivity index (χ3v) is 1.38. The maximum atomic E-state index is 9.16. The molecule has 0 unspecified atom stereocenters. The third kappa shape index (κ3) is 0.778. The standard InChI is InChI=1S/C6H5N3O2/c10-5-3-1-2-4-6(5)8-9(11)7-4/h1-3,10-11H. The van der Waals surface area contributed by atoms with E-state index in [1.807, 2.05) is 0 Å². The van der Waals surface area contributed by atoms with Crippen LogP contribution in [0.25, 0.3) is 11.0 Å². The Hall–Kier alpha value is -1.78. The smallest absolute Gasteiger partial charge is 0.158 e. The lowest BCUT2D eigenvalue weighted by Crippen LogP contribution is -1.92. The van der Waals surface area contributed by atoms with Crippen molar-refractivity contribution in [3.8, 4) is 5.75 Å². The van der Waals surface area contributed by atoms with Crippen molar-refractivity contribution in [1.82, 2.24) is 15.2 Å². The Bertz CT molecular complexity index is 396. The number of fused-ring (bicyclic) bond motifs is 1. The van der Waals surface area contributed by atoms with Crippen LogP contribution in [0.1, 0.15) is 0 Å². The van der Waals surface area contributed by atoms with Crippen molar-refractivity contribution in [2.45, 2.75) is 0 Å². The van der Waals surface area contributed by atoms with Crippen molar-refractivity contribution in [1.29, 1.82) is 0 Å². The van der Waals surface area contributed by atoms with E-state index in [-0.39, 0.29) is 5.75 Å². The van der Waals surface area contributed by atoms with Crippen molar-refractivity contribution >= 4 is 11.0 Å². The van der Waals surface area contributed by atoms with Crippen LogP contribution in [0.3, 0.4) is 0 Å². The molecule has 0 fully saturated rings. The molecule has 0 amide bonds. The van der Waals surface area contributed by atoms with Crippen molar-refractivity contribution in [3.63, 3.8) is 0 Å². The number of benzene rings is 1. The summed E-state index contributed by atoms with van der Waals surface area (Å²) in [6.45, 7) is 0. The first kappa shape index (κ1) is 5.96. The Morgan fingerprint density at radius 2 is 2.09 bits per heavy atom. The second-order valence-electron chi connectivity index (χ2n) is 2.11. The van der Waals surface area contributed by atoms with Crippen LogP contribution in [0.4, 0.5) is 0 Å². The Kier molecular flexibility index (Phi) is 1.00. The highest BCUT2D eigenvalue weighted by Crippen LogP contribution is 2.19. The molecule has 5 heteroatoms. The predicted octanol–water partition coefficient (Wildman–Crippen LogP) is 0.374. The summed E-state index contributed by atoms with van der Waals surface area (Å²) >= 11 is 0. The van der Waals surface area contributed by atoms with E-state index >= 15 is 0 Å². The number of aromatic hydroxyl groups is 1. The van der Waals surface area contributed by atoms with Crippen molar-refractivity contribution in [3.05, 3.63) is 18.2 Å². The number of hydrogen-bond acceptors (Lipinski definition) is 4. The van der Waals surface area contributed by atoms with Crippen molar-refractivity contribution in [2.24, 2.45) is 0 Å². The summed E-state index contributed by atoms with van der Waals surface area (Å²) in [7, 11) is 0. The van der Waals surface area contributed by atoms with Gasteiger partial charge in [0.25, 0.3) is 0 Å². The zero-order chi connectivity index (χ0) is 7.84. The molecule has 2 N–H and O–H groups in total. The molecule has 11 heavy (non-hydrogen) atoms. The molecule has 0 bridgehead atoms. The molecule has 0 saturated carbocycles. The average Bonchev–Trinajstić information content (AvgIpc) is 2.31. The van der Waals surface area contributed by atoms with Gasteiger partial charge in [-0.15, -0.1) is 10.2 Å². The number of phenolic OH excluding ortho intramolecular Hbond substituents is 1. The topological polar surface area (TPSA) is 71.2 Å². The van der Waals surface area contributed by atoms with Crippen LogP contribution >= 0.6 is 0 Å². The Balaban J connectivity index is 2.90. The first-order chi connectivity index (χ1) is 5.27. The van der Waals surface area contributed by atoms with Gasteiger partial charge in [-0.25, -0.2) is 0 Å². The van der Waals surface area contributed by atoms with Crippen LogP contribution in [-0.4, -0.2) is 25.5 Å². The predicted molar refractivity (Wildman–Crippen MR) is 36.4 cm³/mol. The zero-order valence-electron chi connectivity index (χ0n) is 5.47. The van der Waals surface area contributed by atoms with Gasteiger partial charge in [-0.2, -0.15) is 0 Å². The van der Waals surface area contributed by atoms with Crippen molar-refractivity contribution in [2.75, 3.05) is 0 Å². The van der Waals surface area contributed by atoms with E-state index < -0.39 is 0 Å². The van der Waals surface area contributed by atoms with Crippen LogP contribution in [0, 0.1) is 0 Å². The highest BCUT2D eigenvalue weighted by atomic mass is 16.5. The molecular formula is C6H5N3O2. The quantitative estimate of drug-likeness (QED) is 0.534. The first-order valence-electron chi connectivity index (χ1n) is 3.01. The molecule has 0 aliphatic carbocycles. The number of nitrogens with zero attached hydrogens (tertiary/aromatic N) is 3. The van der Waals surface area contributed by atoms with E-state index in [0.717, 1.165) is 0 Å². The van der Waals surface area contributed by atoms with Gasteiger partial charge in [0.2, 0.25) is 0 Å². The monoisotopic (exact) mass is 151 g/mol. The fraction of sp³-hybridized carbons (Fsp3) is 0. The number of rotatable bonds is 0. The van der Waals surface area contributed by atoms with E-state index in [4.69, 9.17) is 10.3 Å². The number of hydrogen-bond donors (Lipinski definition) is 2. The van der Waals surface area contributed by atoms with Crippen LogP contribution < -0.4 is 0 Å². The van der Waals surface area contributed by atoms with Gasteiger partial charge in [-0.1, -0.05) is 6.07 Å². The molecule has 0 radical (unpaired) electrons. The zero-order valence-corrected chi connectivity index (χ0v) is 5.47. The number of aromatic nitrogens is 3. The summed E-state index contributed by atoms with van der Waals surface area (Å²) in [5.41, 5.74) is 0.766. The van der Waals surface area contributed by atoms with Gasteiger partial charge in [-0.3, -0.25) is 0 Å². The SMILES string of the molecule is Oc1cccc2nn(O)nc12. The lowest BCUT2D eigenvalue weighted by Gasteiger charge is -1.87. The lowest BCUT2D eigenvalue weighted by atomic mass is 10.3. The molecule has 2 aromatic rings. The second kappa shape index (κ2) is 1.85. The van der Waals surface area contributed by atoms with Crippen LogP contribution in [0.5, 0.6) is 5.75 Å². The Labute approximate surface area is 61.5 Å². The lowest BCUT2D eigenvalue weighted by molar-refractivity contribution is 0.113. The molecule has 0 aliphatic rings. The molecule has 1 heterocycles. The van der Waals surface area contributed by atoms with Gasteiger partial charge in [0.05, 0.1) is 0 Å². The van der Waals surface area contributed by atoms with Gasteiger partial charge >= 0.3 is 0 Å². The van der Waals surface area contributed by atoms with E-state index in [1.54, 1.807) is 12.1 Å². The van der Waals surface area contributed by atoms with Crippen LogP contribution in [-0.2, 0) is 0 Å². The maximum Gasteiger partial charge on any atom is 0.158 e. The number of phenols is 1. The van der Waals surface area contributed by atoms with Gasteiger partial charge in [0.15, 0.2) is 5.52 Å². The van der Waals surface area contributed by atoms with E-state index in [0.29, 0.717) is 16.0 Å². The van der Waals surface area contributed by atoms with Gasteiger partial charge in [0, 0.05) is 0 Å². The Morgan fingerprint density at radius 1 is 1.27 bits per heavy atom. The molecule has 0 spiro atoms. The molecule has 1 aromatic heterocycles. The molecule has 0 atom stereocenters. The Morgan fingerprint density at radius 3 is 2.82 bits per heavy atom. The minimum Gasteiger partial charge on any atom is -0.506 e. The summed E-state index contributed by atoms with van der Waals surface area (Å²) in [5, 5.41) is 25.0. The summed E-state index contributed by atoms with van der Waals surface area (Å²) in [5.74, 6) is 0.0165. The minimum absolute atomic E-state index is 0.0165. The average molecular weight is 151 g/mol. The maximum absolute atomic E-state index is 9.16. The van der Waals surface area contributed by atoms with E-state index in [1.165, 1.54) is 6.07 Å². The van der Waals surface area contributed by atoms with Gasteiger partial charge in [-0.05, 0) is 17.1 Å². The summed E-state index contributed by atoms with van der Waals surface area (Å²) in [6.07, 6.45) is 0. The summed E-state index contributed by atoms with van der Waals surface area (Å²) in [6, 6.07) is 4.76. The summed E-state index contributed by atoms with van der Waals surface area (Å²) < 4.78 is 0. The van der Waals surface area contributed by atoms with Crippen LogP contribution in [0.15, 0.2) is 18.2 Å². The third-order valence-electron chi connectivity index (χ3n) is 1.38. The van der Waals surface area contributed by atoms with Gasteiger partial charge in [0.1, 0.15) is 11.3 Å². The normalized spacial score (nSPS) is 10.5. The molecule has 5 nitrogen and oxygen atoms in total. The van der Waals surface area contributed by atoms with Crippen LogP contribution in [0.2, 0.25) is 0 Å². The fourth-order valence-electron chi connectivity index (χ4n) is 0.911. The highest BCUT2D eigenvalue weighted by Gasteiger charge is 2.04. The molecular weight excluding hydrogens is 146 g/mol. The highest BCUT2D eigenvalue weighted by molar-refractivity contribution is 5.79. The second-order valence-corrected chi connectivity index (χ2v) is 2.11. The molecule has 1 aromatic carbocycles. The first-order valence-corrected chi connectivity index (χ1v) is 3.01. The molecule has 0 aliphatic heterocycles. The molecule has 56 valence electrons. The molecule has 0 saturated heterocycles. The largest absolute Gasteiger partial charge is 0.506 e.